The predicted molar refractivity (Wildman–Crippen MR) is 352 cm³/mol. The van der Waals surface area contributed by atoms with Gasteiger partial charge in [0.1, 0.15) is 40.3 Å². The highest BCUT2D eigenvalue weighted by molar-refractivity contribution is 6.98. The number of imidazole rings is 1. The number of ether oxygens (including phenoxy) is 3. The summed E-state index contributed by atoms with van der Waals surface area (Å²) in [5.41, 5.74) is 19.6. The normalized spacial score (nSPS) is 12.9. The first-order chi connectivity index (χ1) is 41.5. The van der Waals surface area contributed by atoms with Crippen molar-refractivity contribution in [3.05, 3.63) is 254 Å². The van der Waals surface area contributed by atoms with Gasteiger partial charge in [-0.15, -0.1) is 0 Å². The van der Waals surface area contributed by atoms with Crippen molar-refractivity contribution < 1.29 is 18.8 Å². The minimum absolute atomic E-state index is 0.0350. The lowest BCUT2D eigenvalue weighted by Gasteiger charge is -2.35. The number of hydrogen-bond donors (Lipinski definition) is 0. The summed E-state index contributed by atoms with van der Waals surface area (Å²) >= 11 is 0. The van der Waals surface area contributed by atoms with Gasteiger partial charge in [-0.3, -0.25) is 13.7 Å². The predicted octanol–water partition coefficient (Wildman–Crippen LogP) is 17.6. The van der Waals surface area contributed by atoms with Crippen molar-refractivity contribution in [3.8, 4) is 85.1 Å². The molecule has 3 aromatic heterocycles. The van der Waals surface area contributed by atoms with Gasteiger partial charge in [-0.05, 0) is 156 Å². The van der Waals surface area contributed by atoms with E-state index in [1.165, 1.54) is 27.6 Å². The molecule has 0 N–H and O–H groups in total. The van der Waals surface area contributed by atoms with Crippen LogP contribution < -0.4 is 35.2 Å². The second kappa shape index (κ2) is 19.9. The second-order valence-corrected chi connectivity index (χ2v) is 26.2. The van der Waals surface area contributed by atoms with E-state index in [0.717, 1.165) is 112 Å². The van der Waals surface area contributed by atoms with Crippen molar-refractivity contribution in [3.63, 3.8) is 0 Å². The largest absolute Gasteiger partial charge is 0.458 e. The molecule has 5 heterocycles. The van der Waals surface area contributed by atoms with E-state index in [0.29, 0.717) is 11.5 Å². The first-order valence-electron chi connectivity index (χ1n) is 29.9. The molecule has 0 saturated heterocycles. The molecular weight excluding hydrogens is 1050 g/mol. The third-order valence-corrected chi connectivity index (χ3v) is 17.4. The highest BCUT2D eigenvalue weighted by Crippen LogP contribution is 2.43. The zero-order chi connectivity index (χ0) is 58.8. The molecule has 7 nitrogen and oxygen atoms in total. The molecule has 15 rings (SSSR count). The Bertz CT molecular complexity index is 4720. The Morgan fingerprint density at radius 2 is 1.03 bits per heavy atom. The Labute approximate surface area is 503 Å². The van der Waals surface area contributed by atoms with Gasteiger partial charge in [-0.2, -0.15) is 0 Å². The van der Waals surface area contributed by atoms with Crippen LogP contribution in [0.15, 0.2) is 231 Å². The molecule has 86 heavy (non-hydrogen) atoms. The fourth-order valence-electron chi connectivity index (χ4n) is 12.8. The molecule has 0 fully saturated rings. The standard InChI is InChI=1S/C78H65BN4O3/c1-76(2,3)53-31-36-69-63(43-53)79-64-44-54(77(4,5)6)32-37-70(64)86-72-42-52(41-71(85-69)74(72)79)51-30-35-65-62(40-51)61-34-33-58(47-68(61)83(65)73-45-55(38-39-80-73)78(7,8)9)84-57-25-18-24-56(46-57)81-48-82(67-29-17-16-28-66(67)81)75-59(49-20-12-10-13-21-49)26-19-27-60(75)50-22-14-11-15-23-50/h10-47H,1-9H3. The van der Waals surface area contributed by atoms with Crippen LogP contribution in [0.4, 0.5) is 0 Å². The molecule has 0 atom stereocenters. The number of para-hydroxylation sites is 3. The molecule has 10 aromatic carbocycles. The number of fused-ring (bicyclic) bond motifs is 8. The number of benzene rings is 10. The van der Waals surface area contributed by atoms with Gasteiger partial charge < -0.3 is 14.2 Å². The zero-order valence-corrected chi connectivity index (χ0v) is 50.0. The van der Waals surface area contributed by atoms with Crippen LogP contribution in [0.2, 0.25) is 0 Å². The molecule has 0 saturated carbocycles. The first kappa shape index (κ1) is 52.9. The average molecular weight is 1120 g/mol. The summed E-state index contributed by atoms with van der Waals surface area (Å²) in [5.74, 6) is 5.63. The lowest BCUT2D eigenvalue weighted by Crippen LogP contribution is -2.57. The smallest absolute Gasteiger partial charge is 0.269 e. The Kier molecular flexibility index (Phi) is 12.2. The van der Waals surface area contributed by atoms with Gasteiger partial charge in [-0.1, -0.05) is 202 Å². The molecule has 0 radical (unpaired) electrons. The van der Waals surface area contributed by atoms with E-state index in [9.17, 15) is 0 Å². The van der Waals surface area contributed by atoms with Gasteiger partial charge in [0.25, 0.3) is 13.0 Å². The van der Waals surface area contributed by atoms with Crippen molar-refractivity contribution in [2.24, 2.45) is 0 Å². The van der Waals surface area contributed by atoms with Gasteiger partial charge in [0.15, 0.2) is 0 Å². The molecule has 2 aliphatic heterocycles. The summed E-state index contributed by atoms with van der Waals surface area (Å²) in [6.07, 6.45) is 5.76. The van der Waals surface area contributed by atoms with Gasteiger partial charge in [0.05, 0.1) is 33.4 Å². The van der Waals surface area contributed by atoms with Crippen LogP contribution in [0.3, 0.4) is 0 Å². The number of hydrogen-bond acceptors (Lipinski definition) is 4. The van der Waals surface area contributed by atoms with Crippen LogP contribution in [-0.2, 0) is 16.2 Å². The Balaban J connectivity index is 0.835. The van der Waals surface area contributed by atoms with Gasteiger partial charge >= 0.3 is 0 Å². The van der Waals surface area contributed by atoms with E-state index in [2.05, 4.69) is 301 Å². The summed E-state index contributed by atoms with van der Waals surface area (Å²) in [6.45, 7) is 20.3. The van der Waals surface area contributed by atoms with Crippen molar-refractivity contribution in [1.29, 1.82) is 0 Å². The quantitative estimate of drug-likeness (QED) is 0.0864. The minimum Gasteiger partial charge on any atom is -0.458 e. The molecule has 418 valence electrons. The highest BCUT2D eigenvalue weighted by atomic mass is 16.5. The minimum atomic E-state index is -0.0964. The van der Waals surface area contributed by atoms with Gasteiger partial charge in [0, 0.05) is 28.5 Å². The molecule has 13 aromatic rings. The summed E-state index contributed by atoms with van der Waals surface area (Å²) in [5, 5.41) is 2.17. The van der Waals surface area contributed by atoms with Crippen LogP contribution >= 0.6 is 0 Å². The second-order valence-electron chi connectivity index (χ2n) is 26.2. The lowest BCUT2D eigenvalue weighted by atomic mass is 9.34. The Morgan fingerprint density at radius 1 is 0.442 bits per heavy atom. The summed E-state index contributed by atoms with van der Waals surface area (Å²) < 4.78 is 27.6. The third kappa shape index (κ3) is 9.05. The van der Waals surface area contributed by atoms with Crippen LogP contribution in [0.25, 0.3) is 83.4 Å². The number of pyridine rings is 1. The maximum absolute atomic E-state index is 6.99. The van der Waals surface area contributed by atoms with Crippen LogP contribution in [0.1, 0.15) is 79.0 Å². The van der Waals surface area contributed by atoms with Crippen LogP contribution in [0, 0.1) is 6.33 Å². The molecule has 8 heteroatoms. The SMILES string of the molecule is CC(C)(C)c1ccnc(-n2c3ccc(-c4cc5c6c(c4)Oc4ccc(C(C)(C)C)cc4B6c4cc(C(C)(C)C)ccc4O5)cc3c3ccc(Oc4cccc(-n5[c-][n+](-c6c(-c7ccccc7)cccc6-c6ccccc6)c6ccccc65)c4)cc32)c1. The van der Waals surface area contributed by atoms with Crippen molar-refractivity contribution >= 4 is 55.9 Å². The molecule has 2 aliphatic rings. The molecule has 0 aliphatic carbocycles. The van der Waals surface area contributed by atoms with Gasteiger partial charge in [-0.25, -0.2) is 4.98 Å². The maximum Gasteiger partial charge on any atom is 0.269 e. The lowest BCUT2D eigenvalue weighted by molar-refractivity contribution is -0.571. The van der Waals surface area contributed by atoms with E-state index >= 15 is 0 Å². The topological polar surface area (TPSA) is 54.3 Å². The maximum atomic E-state index is 6.99. The summed E-state index contributed by atoms with van der Waals surface area (Å²) in [7, 11) is 0. The van der Waals surface area contributed by atoms with E-state index in [1.807, 2.05) is 12.3 Å². The zero-order valence-electron chi connectivity index (χ0n) is 50.0. The van der Waals surface area contributed by atoms with Crippen LogP contribution in [0.5, 0.6) is 34.5 Å². The van der Waals surface area contributed by atoms with E-state index in [1.54, 1.807) is 0 Å². The summed E-state index contributed by atoms with van der Waals surface area (Å²) in [6, 6.07) is 80.0. The molecule has 0 unspecified atom stereocenters. The Morgan fingerprint density at radius 3 is 1.67 bits per heavy atom. The number of nitrogens with zero attached hydrogens (tertiary/aromatic N) is 4. The van der Waals surface area contributed by atoms with E-state index in [4.69, 9.17) is 19.2 Å². The van der Waals surface area contributed by atoms with Crippen LogP contribution in [-0.4, -0.2) is 20.8 Å². The molecular formula is C78H65BN4O3. The number of rotatable bonds is 8. The highest BCUT2D eigenvalue weighted by Gasteiger charge is 2.42. The van der Waals surface area contributed by atoms with Crippen molar-refractivity contribution in [1.82, 2.24) is 14.1 Å². The first-order valence-corrected chi connectivity index (χ1v) is 29.9. The van der Waals surface area contributed by atoms with E-state index in [-0.39, 0.29) is 23.0 Å². The van der Waals surface area contributed by atoms with E-state index < -0.39 is 0 Å². The van der Waals surface area contributed by atoms with Crippen molar-refractivity contribution in [2.75, 3.05) is 0 Å². The number of aromatic nitrogens is 4. The fraction of sp³-hybridized carbons (Fsp3) is 0.154. The van der Waals surface area contributed by atoms with Gasteiger partial charge in [0.2, 0.25) is 0 Å². The summed E-state index contributed by atoms with van der Waals surface area (Å²) in [4.78, 5) is 5.07. The molecule has 0 amide bonds. The fourth-order valence-corrected chi connectivity index (χ4v) is 12.8. The Hall–Kier alpha value is -9.92. The van der Waals surface area contributed by atoms with Crippen molar-refractivity contribution in [2.45, 2.75) is 78.6 Å². The average Bonchev–Trinajstić information content (AvgIpc) is 0.878. The molecule has 0 spiro atoms. The molecule has 0 bridgehead atoms. The third-order valence-electron chi connectivity index (χ3n) is 17.4. The monoisotopic (exact) mass is 1120 g/mol.